The molecule has 0 unspecified atom stereocenters. The summed E-state index contributed by atoms with van der Waals surface area (Å²) in [4.78, 5) is 10.7. The highest BCUT2D eigenvalue weighted by atomic mass is 16.4. The van der Waals surface area contributed by atoms with Gasteiger partial charge in [0.05, 0.1) is 17.4 Å². The van der Waals surface area contributed by atoms with Crippen LogP contribution >= 0.6 is 0 Å². The maximum absolute atomic E-state index is 10.7. The van der Waals surface area contributed by atoms with Crippen LogP contribution in [-0.4, -0.2) is 20.9 Å². The summed E-state index contributed by atoms with van der Waals surface area (Å²) in [5.74, 6) is -0.967. The maximum atomic E-state index is 10.7. The average Bonchev–Trinajstić information content (AvgIpc) is 2.89. The summed E-state index contributed by atoms with van der Waals surface area (Å²) in [5.41, 5.74) is 2.65. The molecule has 2 aromatic carbocycles. The largest absolute Gasteiger partial charge is 0.478 e. The lowest BCUT2D eigenvalue weighted by Gasteiger charge is -2.07. The lowest BCUT2D eigenvalue weighted by Crippen LogP contribution is -1.98. The fraction of sp³-hybridized carbons (Fsp3) is 0. The van der Waals surface area contributed by atoms with Gasteiger partial charge in [0.25, 0.3) is 0 Å². The van der Waals surface area contributed by atoms with E-state index in [1.807, 2.05) is 53.2 Å². The molecule has 3 aromatic rings. The topological polar surface area (TPSA) is 55.1 Å². The fourth-order valence-electron chi connectivity index (χ4n) is 2.15. The lowest BCUT2D eigenvalue weighted by atomic mass is 10.1. The van der Waals surface area contributed by atoms with Gasteiger partial charge in [-0.2, -0.15) is 5.10 Å². The van der Waals surface area contributed by atoms with Crippen LogP contribution in [0.3, 0.4) is 0 Å². The third kappa shape index (κ3) is 2.19. The Kier molecular flexibility index (Phi) is 3.05. The molecule has 0 atom stereocenters. The molecule has 4 heteroatoms. The van der Waals surface area contributed by atoms with E-state index in [1.165, 1.54) is 0 Å². The van der Waals surface area contributed by atoms with Crippen molar-refractivity contribution in [3.63, 3.8) is 0 Å². The standard InChI is InChI=1S/C16H12N2O2/c19-16(20)10-9-12-5-1-3-7-14(12)18-15-8-4-2-6-13(15)11-17-18/h1-11H,(H,19,20). The number of nitrogens with zero attached hydrogens (tertiary/aromatic N) is 2. The van der Waals surface area contributed by atoms with E-state index >= 15 is 0 Å². The minimum Gasteiger partial charge on any atom is -0.478 e. The van der Waals surface area contributed by atoms with Gasteiger partial charge in [-0.25, -0.2) is 9.48 Å². The molecule has 1 N–H and O–H groups in total. The van der Waals surface area contributed by atoms with Gasteiger partial charge in [-0.05, 0) is 18.2 Å². The summed E-state index contributed by atoms with van der Waals surface area (Å²) in [6.07, 6.45) is 4.51. The molecular weight excluding hydrogens is 252 g/mol. The van der Waals surface area contributed by atoms with Crippen molar-refractivity contribution in [3.05, 3.63) is 66.4 Å². The van der Waals surface area contributed by atoms with Crippen molar-refractivity contribution in [1.82, 2.24) is 9.78 Å². The van der Waals surface area contributed by atoms with E-state index in [9.17, 15) is 4.79 Å². The zero-order valence-corrected chi connectivity index (χ0v) is 10.6. The quantitative estimate of drug-likeness (QED) is 0.739. The number of carboxylic acid groups (broad SMARTS) is 1. The van der Waals surface area contributed by atoms with E-state index in [4.69, 9.17) is 5.11 Å². The number of aromatic nitrogens is 2. The Labute approximate surface area is 115 Å². The molecular formula is C16H12N2O2. The first-order valence-electron chi connectivity index (χ1n) is 6.19. The molecule has 3 rings (SSSR count). The van der Waals surface area contributed by atoms with Gasteiger partial charge >= 0.3 is 5.97 Å². The van der Waals surface area contributed by atoms with Crippen LogP contribution < -0.4 is 0 Å². The zero-order chi connectivity index (χ0) is 13.9. The predicted molar refractivity (Wildman–Crippen MR) is 77.7 cm³/mol. The number of carbonyl (C=O) groups is 1. The number of carboxylic acids is 1. The van der Waals surface area contributed by atoms with Gasteiger partial charge in [-0.1, -0.05) is 36.4 Å². The average molecular weight is 264 g/mol. The molecule has 0 fully saturated rings. The molecule has 0 saturated carbocycles. The van der Waals surface area contributed by atoms with Crippen molar-refractivity contribution >= 4 is 22.9 Å². The molecule has 0 aliphatic heterocycles. The fourth-order valence-corrected chi connectivity index (χ4v) is 2.15. The van der Waals surface area contributed by atoms with Crippen molar-refractivity contribution in [3.8, 4) is 5.69 Å². The molecule has 98 valence electrons. The van der Waals surface area contributed by atoms with E-state index in [0.717, 1.165) is 28.2 Å². The first-order valence-corrected chi connectivity index (χ1v) is 6.19. The summed E-state index contributed by atoms with van der Waals surface area (Å²) < 4.78 is 1.82. The normalized spacial score (nSPS) is 11.2. The number of rotatable bonds is 3. The van der Waals surface area contributed by atoms with Gasteiger partial charge in [-0.15, -0.1) is 0 Å². The summed E-state index contributed by atoms with van der Waals surface area (Å²) in [5, 5.41) is 14.2. The van der Waals surface area contributed by atoms with Gasteiger partial charge < -0.3 is 5.11 Å². The minimum atomic E-state index is -0.967. The van der Waals surface area contributed by atoms with E-state index in [2.05, 4.69) is 5.10 Å². The smallest absolute Gasteiger partial charge is 0.328 e. The molecule has 4 nitrogen and oxygen atoms in total. The summed E-state index contributed by atoms with van der Waals surface area (Å²) in [7, 11) is 0. The Bertz CT molecular complexity index is 803. The van der Waals surface area contributed by atoms with Crippen LogP contribution in [0.25, 0.3) is 22.7 Å². The minimum absolute atomic E-state index is 0.809. The molecule has 0 spiro atoms. The number of benzene rings is 2. The number of hydrogen-bond acceptors (Lipinski definition) is 2. The number of fused-ring (bicyclic) bond motifs is 1. The van der Waals surface area contributed by atoms with Crippen LogP contribution in [0, 0.1) is 0 Å². The van der Waals surface area contributed by atoms with Crippen LogP contribution in [0.5, 0.6) is 0 Å². The molecule has 0 radical (unpaired) electrons. The van der Waals surface area contributed by atoms with Crippen LogP contribution in [0.2, 0.25) is 0 Å². The summed E-state index contributed by atoms with van der Waals surface area (Å²) in [6, 6.07) is 15.5. The zero-order valence-electron chi connectivity index (χ0n) is 10.6. The summed E-state index contributed by atoms with van der Waals surface area (Å²) >= 11 is 0. The number of para-hydroxylation sites is 2. The van der Waals surface area contributed by atoms with Crippen molar-refractivity contribution in [2.45, 2.75) is 0 Å². The molecule has 0 aliphatic rings. The summed E-state index contributed by atoms with van der Waals surface area (Å²) in [6.45, 7) is 0. The Morgan fingerprint density at radius 2 is 1.85 bits per heavy atom. The van der Waals surface area contributed by atoms with E-state index in [0.29, 0.717) is 0 Å². The lowest BCUT2D eigenvalue weighted by molar-refractivity contribution is -0.131. The van der Waals surface area contributed by atoms with Crippen molar-refractivity contribution < 1.29 is 9.90 Å². The predicted octanol–water partition coefficient (Wildman–Crippen LogP) is 3.12. The first-order chi connectivity index (χ1) is 9.75. The second kappa shape index (κ2) is 5.01. The second-order valence-corrected chi connectivity index (χ2v) is 4.35. The molecule has 0 amide bonds. The van der Waals surface area contributed by atoms with Crippen LogP contribution in [0.15, 0.2) is 60.8 Å². The van der Waals surface area contributed by atoms with Gasteiger partial charge in [-0.3, -0.25) is 0 Å². The molecule has 0 bridgehead atoms. The Balaban J connectivity index is 2.17. The van der Waals surface area contributed by atoms with Crippen LogP contribution in [-0.2, 0) is 4.79 Å². The van der Waals surface area contributed by atoms with Gasteiger partial charge in [0.15, 0.2) is 0 Å². The molecule has 0 aliphatic carbocycles. The van der Waals surface area contributed by atoms with Crippen molar-refractivity contribution in [2.24, 2.45) is 0 Å². The van der Waals surface area contributed by atoms with Crippen LogP contribution in [0.4, 0.5) is 0 Å². The monoisotopic (exact) mass is 264 g/mol. The maximum Gasteiger partial charge on any atom is 0.328 e. The van der Waals surface area contributed by atoms with Crippen molar-refractivity contribution in [1.29, 1.82) is 0 Å². The number of hydrogen-bond donors (Lipinski definition) is 1. The first kappa shape index (κ1) is 12.2. The van der Waals surface area contributed by atoms with Gasteiger partial charge in [0.2, 0.25) is 0 Å². The Hall–Kier alpha value is -2.88. The second-order valence-electron chi connectivity index (χ2n) is 4.35. The van der Waals surface area contributed by atoms with E-state index in [1.54, 1.807) is 12.3 Å². The highest BCUT2D eigenvalue weighted by Crippen LogP contribution is 2.21. The third-order valence-corrected chi connectivity index (χ3v) is 3.05. The SMILES string of the molecule is O=C(O)C=Cc1ccccc1-n1ncc2ccccc21. The number of aliphatic carboxylic acids is 1. The van der Waals surface area contributed by atoms with Gasteiger partial charge in [0, 0.05) is 17.0 Å². The Morgan fingerprint density at radius 1 is 1.10 bits per heavy atom. The van der Waals surface area contributed by atoms with Crippen molar-refractivity contribution in [2.75, 3.05) is 0 Å². The highest BCUT2D eigenvalue weighted by Gasteiger charge is 2.07. The van der Waals surface area contributed by atoms with E-state index < -0.39 is 5.97 Å². The third-order valence-electron chi connectivity index (χ3n) is 3.05. The highest BCUT2D eigenvalue weighted by molar-refractivity contribution is 5.87. The molecule has 1 aromatic heterocycles. The molecule has 1 heterocycles. The molecule has 0 saturated heterocycles. The molecule has 20 heavy (non-hydrogen) atoms. The van der Waals surface area contributed by atoms with Crippen LogP contribution in [0.1, 0.15) is 5.56 Å². The van der Waals surface area contributed by atoms with E-state index in [-0.39, 0.29) is 0 Å². The Morgan fingerprint density at radius 3 is 2.70 bits per heavy atom. The van der Waals surface area contributed by atoms with Gasteiger partial charge in [0.1, 0.15) is 0 Å².